The number of rotatable bonds is 3. The fourth-order valence-electron chi connectivity index (χ4n) is 3.13. The average Bonchev–Trinajstić information content (AvgIpc) is 2.78. The molecule has 3 rings (SSSR count). The number of likely N-dealkylation sites (N-methyl/N-ethyl adjacent to an activating group) is 1. The van der Waals surface area contributed by atoms with Crippen molar-refractivity contribution < 1.29 is 5.11 Å². The molecule has 1 aliphatic rings. The Kier molecular flexibility index (Phi) is 4.15. The summed E-state index contributed by atoms with van der Waals surface area (Å²) in [5.41, 5.74) is 0. The van der Waals surface area contributed by atoms with E-state index >= 15 is 0 Å². The third kappa shape index (κ3) is 2.91. The molecule has 0 radical (unpaired) electrons. The number of pyridine rings is 1. The van der Waals surface area contributed by atoms with Gasteiger partial charge in [0.15, 0.2) is 0 Å². The number of aliphatic hydroxyl groups is 1. The standard InChI is InChI=1S/C16H20BrN3O/c1-19(2)9-11-8-12(21)10-20(11)16-14-4-3-5-15(17)13(14)6-7-18-16/h3-7,11-12,21H,8-10H2,1-2H3. The first-order valence-electron chi connectivity index (χ1n) is 7.19. The molecule has 0 aliphatic carbocycles. The molecular weight excluding hydrogens is 330 g/mol. The molecule has 2 atom stereocenters. The van der Waals surface area contributed by atoms with Crippen molar-refractivity contribution >= 4 is 32.5 Å². The molecular formula is C16H20BrN3O. The van der Waals surface area contributed by atoms with E-state index in [0.717, 1.165) is 34.0 Å². The Hall–Kier alpha value is -1.17. The third-order valence-electron chi connectivity index (χ3n) is 3.97. The maximum absolute atomic E-state index is 10.1. The molecule has 1 N–H and O–H groups in total. The number of nitrogens with zero attached hydrogens (tertiary/aromatic N) is 3. The van der Waals surface area contributed by atoms with Crippen LogP contribution < -0.4 is 4.90 Å². The zero-order chi connectivity index (χ0) is 15.0. The molecule has 1 aromatic carbocycles. The van der Waals surface area contributed by atoms with E-state index in [1.165, 1.54) is 0 Å². The molecule has 0 bridgehead atoms. The minimum atomic E-state index is -0.279. The van der Waals surface area contributed by atoms with Gasteiger partial charge in [-0.15, -0.1) is 0 Å². The number of halogens is 1. The molecule has 2 aromatic rings. The summed E-state index contributed by atoms with van der Waals surface area (Å²) in [6.45, 7) is 1.57. The van der Waals surface area contributed by atoms with E-state index in [2.05, 4.69) is 50.9 Å². The zero-order valence-electron chi connectivity index (χ0n) is 12.3. The van der Waals surface area contributed by atoms with Crippen molar-refractivity contribution in [2.24, 2.45) is 0 Å². The molecule has 4 nitrogen and oxygen atoms in total. The number of fused-ring (bicyclic) bond motifs is 1. The number of benzene rings is 1. The van der Waals surface area contributed by atoms with Crippen LogP contribution in [0.4, 0.5) is 5.82 Å². The maximum Gasteiger partial charge on any atom is 0.136 e. The average molecular weight is 350 g/mol. The van der Waals surface area contributed by atoms with Gasteiger partial charge in [-0.05, 0) is 32.6 Å². The van der Waals surface area contributed by atoms with Gasteiger partial charge < -0.3 is 14.9 Å². The summed E-state index contributed by atoms with van der Waals surface area (Å²) >= 11 is 3.60. The Morgan fingerprint density at radius 2 is 2.14 bits per heavy atom. The van der Waals surface area contributed by atoms with Gasteiger partial charge in [0.05, 0.1) is 6.10 Å². The Labute approximate surface area is 133 Å². The summed E-state index contributed by atoms with van der Waals surface area (Å²) in [5.74, 6) is 0.970. The summed E-state index contributed by atoms with van der Waals surface area (Å²) in [5, 5.41) is 12.4. The first-order valence-corrected chi connectivity index (χ1v) is 7.98. The summed E-state index contributed by atoms with van der Waals surface area (Å²) < 4.78 is 1.08. The fraction of sp³-hybridized carbons (Fsp3) is 0.438. The van der Waals surface area contributed by atoms with Crippen LogP contribution in [-0.4, -0.2) is 54.3 Å². The van der Waals surface area contributed by atoms with Crippen molar-refractivity contribution in [3.8, 4) is 0 Å². The molecule has 0 spiro atoms. The Balaban J connectivity index is 2.04. The van der Waals surface area contributed by atoms with Crippen molar-refractivity contribution in [3.05, 3.63) is 34.9 Å². The van der Waals surface area contributed by atoms with Gasteiger partial charge in [-0.2, -0.15) is 0 Å². The molecule has 1 aromatic heterocycles. The maximum atomic E-state index is 10.1. The van der Waals surface area contributed by atoms with E-state index < -0.39 is 0 Å². The van der Waals surface area contributed by atoms with E-state index in [-0.39, 0.29) is 6.10 Å². The Bertz CT molecular complexity index is 646. The van der Waals surface area contributed by atoms with Gasteiger partial charge >= 0.3 is 0 Å². The van der Waals surface area contributed by atoms with Crippen LogP contribution in [0.1, 0.15) is 6.42 Å². The lowest BCUT2D eigenvalue weighted by Gasteiger charge is -2.28. The predicted octanol–water partition coefficient (Wildman–Crippen LogP) is 2.50. The van der Waals surface area contributed by atoms with Crippen LogP contribution in [0.25, 0.3) is 10.8 Å². The largest absolute Gasteiger partial charge is 0.391 e. The minimum Gasteiger partial charge on any atom is -0.391 e. The summed E-state index contributed by atoms with van der Waals surface area (Å²) in [7, 11) is 4.13. The highest BCUT2D eigenvalue weighted by Gasteiger charge is 2.32. The van der Waals surface area contributed by atoms with E-state index in [4.69, 9.17) is 0 Å². The molecule has 0 saturated carbocycles. The smallest absolute Gasteiger partial charge is 0.136 e. The topological polar surface area (TPSA) is 39.6 Å². The van der Waals surface area contributed by atoms with Crippen molar-refractivity contribution in [1.29, 1.82) is 0 Å². The molecule has 112 valence electrons. The number of hydrogen-bond acceptors (Lipinski definition) is 4. The highest BCUT2D eigenvalue weighted by molar-refractivity contribution is 9.10. The Morgan fingerprint density at radius 3 is 2.90 bits per heavy atom. The van der Waals surface area contributed by atoms with Crippen LogP contribution in [-0.2, 0) is 0 Å². The second kappa shape index (κ2) is 5.91. The van der Waals surface area contributed by atoms with Crippen molar-refractivity contribution in [1.82, 2.24) is 9.88 Å². The number of aliphatic hydroxyl groups excluding tert-OH is 1. The highest BCUT2D eigenvalue weighted by atomic mass is 79.9. The Morgan fingerprint density at radius 1 is 1.33 bits per heavy atom. The second-order valence-electron chi connectivity index (χ2n) is 5.93. The van der Waals surface area contributed by atoms with Crippen molar-refractivity contribution in [2.75, 3.05) is 32.1 Å². The van der Waals surface area contributed by atoms with Gasteiger partial charge in [0.25, 0.3) is 0 Å². The summed E-state index contributed by atoms with van der Waals surface area (Å²) in [6, 6.07) is 8.50. The molecule has 5 heteroatoms. The van der Waals surface area contributed by atoms with Crippen molar-refractivity contribution in [3.63, 3.8) is 0 Å². The van der Waals surface area contributed by atoms with Gasteiger partial charge in [0.2, 0.25) is 0 Å². The molecule has 1 saturated heterocycles. The fourth-order valence-corrected chi connectivity index (χ4v) is 3.63. The van der Waals surface area contributed by atoms with E-state index in [9.17, 15) is 5.11 Å². The van der Waals surface area contributed by atoms with Gasteiger partial charge in [0.1, 0.15) is 5.82 Å². The summed E-state index contributed by atoms with van der Waals surface area (Å²) in [4.78, 5) is 9.01. The predicted molar refractivity (Wildman–Crippen MR) is 89.8 cm³/mol. The SMILES string of the molecule is CN(C)CC1CC(O)CN1c1nccc2c(Br)cccc12. The number of anilines is 1. The molecule has 21 heavy (non-hydrogen) atoms. The van der Waals surface area contributed by atoms with E-state index in [1.54, 1.807) is 0 Å². The lowest BCUT2D eigenvalue weighted by atomic mass is 10.1. The zero-order valence-corrected chi connectivity index (χ0v) is 13.9. The number of hydrogen-bond donors (Lipinski definition) is 1. The molecule has 2 heterocycles. The highest BCUT2D eigenvalue weighted by Crippen LogP contribution is 2.33. The molecule has 1 aliphatic heterocycles. The number of aromatic nitrogens is 1. The quantitative estimate of drug-likeness (QED) is 0.923. The lowest BCUT2D eigenvalue weighted by molar-refractivity contribution is 0.191. The van der Waals surface area contributed by atoms with Gasteiger partial charge in [-0.1, -0.05) is 28.1 Å². The van der Waals surface area contributed by atoms with Crippen LogP contribution in [0, 0.1) is 0 Å². The molecule has 0 amide bonds. The van der Waals surface area contributed by atoms with Gasteiger partial charge in [-0.25, -0.2) is 4.98 Å². The molecule has 1 fully saturated rings. The first-order chi connectivity index (χ1) is 10.1. The minimum absolute atomic E-state index is 0.279. The van der Waals surface area contributed by atoms with Gasteiger partial charge in [0, 0.05) is 40.6 Å². The lowest BCUT2D eigenvalue weighted by Crippen LogP contribution is -2.38. The summed E-state index contributed by atoms with van der Waals surface area (Å²) in [6.07, 6.45) is 2.36. The van der Waals surface area contributed by atoms with Crippen molar-refractivity contribution in [2.45, 2.75) is 18.6 Å². The van der Waals surface area contributed by atoms with Crippen LogP contribution in [0.15, 0.2) is 34.9 Å². The van der Waals surface area contributed by atoms with Gasteiger partial charge in [-0.3, -0.25) is 0 Å². The van der Waals surface area contributed by atoms with Crippen LogP contribution in [0.5, 0.6) is 0 Å². The monoisotopic (exact) mass is 349 g/mol. The normalized spacial score (nSPS) is 22.4. The van der Waals surface area contributed by atoms with Crippen LogP contribution >= 0.6 is 15.9 Å². The first kappa shape index (κ1) is 14.8. The molecule has 2 unspecified atom stereocenters. The second-order valence-corrected chi connectivity index (χ2v) is 6.78. The van der Waals surface area contributed by atoms with Crippen LogP contribution in [0.2, 0.25) is 0 Å². The van der Waals surface area contributed by atoms with E-state index in [1.807, 2.05) is 24.4 Å². The number of β-amino-alcohol motifs (C(OH)–C–C–N with tert-alkyl or cyclic N) is 1. The third-order valence-corrected chi connectivity index (χ3v) is 4.66. The van der Waals surface area contributed by atoms with E-state index in [0.29, 0.717) is 12.6 Å². The van der Waals surface area contributed by atoms with Crippen LogP contribution in [0.3, 0.4) is 0 Å².